The molecule has 15 heavy (non-hydrogen) atoms. The topological polar surface area (TPSA) is 0 Å². The molecule has 0 aliphatic rings. The van der Waals surface area contributed by atoms with Crippen LogP contribution in [-0.2, 0) is 6.42 Å². The molecule has 1 aromatic rings. The second kappa shape index (κ2) is 11.3. The van der Waals surface area contributed by atoms with Crippen LogP contribution in [0.4, 0.5) is 0 Å². The van der Waals surface area contributed by atoms with Gasteiger partial charge in [-0.05, 0) is 18.4 Å². The van der Waals surface area contributed by atoms with E-state index in [0.29, 0.717) is 0 Å². The maximum Gasteiger partial charge on any atom is 0 e. The van der Waals surface area contributed by atoms with Gasteiger partial charge in [-0.3, -0.25) is 0 Å². The fraction of sp³-hybridized carbons (Fsp3) is 0.571. The van der Waals surface area contributed by atoms with Crippen LogP contribution in [0.1, 0.15) is 51.0 Å². The molecule has 0 N–H and O–H groups in total. The van der Waals surface area contributed by atoms with Crippen molar-refractivity contribution in [2.45, 2.75) is 51.9 Å². The minimum atomic E-state index is 0. The van der Waals surface area contributed by atoms with Gasteiger partial charge in [0.05, 0.1) is 0 Å². The van der Waals surface area contributed by atoms with E-state index in [1.807, 2.05) is 0 Å². The molecule has 0 aliphatic carbocycles. The van der Waals surface area contributed by atoms with E-state index in [9.17, 15) is 0 Å². The molecular formula is C14H22K. The van der Waals surface area contributed by atoms with Gasteiger partial charge in [-0.1, -0.05) is 69.4 Å². The van der Waals surface area contributed by atoms with Crippen molar-refractivity contribution in [2.24, 2.45) is 0 Å². The van der Waals surface area contributed by atoms with Crippen molar-refractivity contribution in [1.29, 1.82) is 0 Å². The van der Waals surface area contributed by atoms with E-state index >= 15 is 0 Å². The monoisotopic (exact) mass is 229 g/mol. The normalized spacial score (nSPS) is 9.67. The van der Waals surface area contributed by atoms with Gasteiger partial charge in [-0.15, -0.1) is 0 Å². The summed E-state index contributed by atoms with van der Waals surface area (Å²) >= 11 is 0. The first-order valence-corrected chi connectivity index (χ1v) is 5.97. The molecule has 0 saturated heterocycles. The van der Waals surface area contributed by atoms with E-state index in [0.717, 1.165) is 0 Å². The Hall–Kier alpha value is 0.856. The van der Waals surface area contributed by atoms with E-state index in [2.05, 4.69) is 37.3 Å². The summed E-state index contributed by atoms with van der Waals surface area (Å²) in [5.74, 6) is 0. The average Bonchev–Trinajstić information content (AvgIpc) is 2.25. The van der Waals surface area contributed by atoms with Gasteiger partial charge in [0.1, 0.15) is 0 Å². The molecule has 1 rings (SSSR count). The molecule has 0 bridgehead atoms. The summed E-state index contributed by atoms with van der Waals surface area (Å²) in [6.07, 6.45) is 9.60. The van der Waals surface area contributed by atoms with Crippen molar-refractivity contribution in [3.63, 3.8) is 0 Å². The molecule has 0 amide bonds. The smallest absolute Gasteiger partial charge is 0 e. The van der Waals surface area contributed by atoms with Crippen LogP contribution in [0, 0.1) is 0 Å². The predicted molar refractivity (Wildman–Crippen MR) is 69.3 cm³/mol. The molecule has 0 nitrogen and oxygen atoms in total. The minimum Gasteiger partial charge on any atom is -0.0654 e. The Labute approximate surface area is 137 Å². The van der Waals surface area contributed by atoms with Crippen molar-refractivity contribution in [3.8, 4) is 0 Å². The van der Waals surface area contributed by atoms with Crippen LogP contribution >= 0.6 is 0 Å². The molecule has 0 fully saturated rings. The van der Waals surface area contributed by atoms with E-state index in [1.54, 1.807) is 0 Å². The molecule has 1 heteroatoms. The average molecular weight is 229 g/mol. The molecule has 0 aliphatic heterocycles. The van der Waals surface area contributed by atoms with Crippen LogP contribution in [0.15, 0.2) is 30.3 Å². The number of aryl methyl sites for hydroxylation is 1. The maximum atomic E-state index is 2.27. The molecule has 0 atom stereocenters. The summed E-state index contributed by atoms with van der Waals surface area (Å²) in [7, 11) is 0. The van der Waals surface area contributed by atoms with Gasteiger partial charge in [-0.2, -0.15) is 0 Å². The van der Waals surface area contributed by atoms with Crippen LogP contribution in [0.5, 0.6) is 0 Å². The third-order valence-corrected chi connectivity index (χ3v) is 2.66. The predicted octanol–water partition coefficient (Wildman–Crippen LogP) is 4.21. The van der Waals surface area contributed by atoms with E-state index < -0.39 is 0 Å². The number of hydrogen-bond acceptors (Lipinski definition) is 0. The molecule has 0 spiro atoms. The molecule has 0 unspecified atom stereocenters. The summed E-state index contributed by atoms with van der Waals surface area (Å²) < 4.78 is 0. The summed E-state index contributed by atoms with van der Waals surface area (Å²) in [5, 5.41) is 0. The summed E-state index contributed by atoms with van der Waals surface area (Å²) in [5.41, 5.74) is 1.49. The van der Waals surface area contributed by atoms with Crippen LogP contribution < -0.4 is 0 Å². The van der Waals surface area contributed by atoms with Gasteiger partial charge >= 0.3 is 0 Å². The van der Waals surface area contributed by atoms with E-state index in [4.69, 9.17) is 0 Å². The van der Waals surface area contributed by atoms with Crippen molar-refractivity contribution < 1.29 is 0 Å². The van der Waals surface area contributed by atoms with Crippen molar-refractivity contribution in [2.75, 3.05) is 0 Å². The van der Waals surface area contributed by atoms with Gasteiger partial charge in [0.25, 0.3) is 0 Å². The third kappa shape index (κ3) is 8.64. The zero-order valence-corrected chi connectivity index (χ0v) is 13.5. The van der Waals surface area contributed by atoms with Crippen LogP contribution in [0.2, 0.25) is 0 Å². The number of benzene rings is 1. The Morgan fingerprint density at radius 1 is 0.800 bits per heavy atom. The second-order valence-electron chi connectivity index (χ2n) is 4.00. The zero-order chi connectivity index (χ0) is 10.1. The Bertz CT molecular complexity index is 218. The standard InChI is InChI=1S/C14H22.K/c1-2-3-4-5-6-8-11-14-12-9-7-10-13-14;/h7,9-10,12-13H,2-6,8,11H2,1H3;. The quantitative estimate of drug-likeness (QED) is 0.485. The van der Waals surface area contributed by atoms with Gasteiger partial charge in [0.2, 0.25) is 0 Å². The first kappa shape index (κ1) is 15.9. The number of hydrogen-bond donors (Lipinski definition) is 0. The fourth-order valence-electron chi connectivity index (χ4n) is 1.75. The Balaban J connectivity index is 0.00000196. The van der Waals surface area contributed by atoms with Gasteiger partial charge in [0.15, 0.2) is 0 Å². The Kier molecular flexibility index (Phi) is 12.0. The molecule has 1 aromatic carbocycles. The molecule has 0 aromatic heterocycles. The zero-order valence-electron chi connectivity index (χ0n) is 10.3. The molecule has 1 radical (unpaired) electrons. The van der Waals surface area contributed by atoms with Crippen molar-refractivity contribution in [1.82, 2.24) is 0 Å². The van der Waals surface area contributed by atoms with Crippen LogP contribution in [0.3, 0.4) is 0 Å². The first-order chi connectivity index (χ1) is 6.93. The Morgan fingerprint density at radius 3 is 2.07 bits per heavy atom. The van der Waals surface area contributed by atoms with Crippen LogP contribution in [-0.4, -0.2) is 51.4 Å². The van der Waals surface area contributed by atoms with Gasteiger partial charge in [-0.25, -0.2) is 0 Å². The van der Waals surface area contributed by atoms with Gasteiger partial charge in [0, 0.05) is 51.4 Å². The summed E-state index contributed by atoms with van der Waals surface area (Å²) in [6, 6.07) is 10.8. The molecule has 79 valence electrons. The SMILES string of the molecule is CCCCCCCCc1ccccc1.[K]. The number of rotatable bonds is 7. The Morgan fingerprint density at radius 2 is 1.40 bits per heavy atom. The molecular weight excluding hydrogens is 207 g/mol. The van der Waals surface area contributed by atoms with E-state index in [-0.39, 0.29) is 51.4 Å². The van der Waals surface area contributed by atoms with Crippen LogP contribution in [0.25, 0.3) is 0 Å². The third-order valence-electron chi connectivity index (χ3n) is 2.66. The number of unbranched alkanes of at least 4 members (excludes halogenated alkanes) is 5. The minimum absolute atomic E-state index is 0. The second-order valence-corrected chi connectivity index (χ2v) is 4.00. The van der Waals surface area contributed by atoms with Gasteiger partial charge < -0.3 is 0 Å². The first-order valence-electron chi connectivity index (χ1n) is 5.97. The summed E-state index contributed by atoms with van der Waals surface area (Å²) in [4.78, 5) is 0. The fourth-order valence-corrected chi connectivity index (χ4v) is 1.75. The molecule has 0 saturated carbocycles. The largest absolute Gasteiger partial charge is 0.0654 e. The van der Waals surface area contributed by atoms with Crippen molar-refractivity contribution in [3.05, 3.63) is 35.9 Å². The summed E-state index contributed by atoms with van der Waals surface area (Å²) in [6.45, 7) is 2.27. The maximum absolute atomic E-state index is 2.27. The van der Waals surface area contributed by atoms with Crippen molar-refractivity contribution >= 4 is 51.4 Å². The molecule has 0 heterocycles. The van der Waals surface area contributed by atoms with E-state index in [1.165, 1.54) is 50.5 Å².